The Labute approximate surface area is 205 Å². The molecule has 1 aromatic heterocycles. The van der Waals surface area contributed by atoms with E-state index in [1.807, 2.05) is 41.1 Å². The first kappa shape index (κ1) is 23.1. The van der Waals surface area contributed by atoms with Crippen LogP contribution in [0.3, 0.4) is 0 Å². The predicted octanol–water partition coefficient (Wildman–Crippen LogP) is 5.27. The smallest absolute Gasteiger partial charge is 0.266 e. The highest BCUT2D eigenvalue weighted by atomic mass is 35.5. The van der Waals surface area contributed by atoms with Crippen LogP contribution in [-0.2, 0) is 4.79 Å². The number of rotatable bonds is 4. The fourth-order valence-electron chi connectivity index (χ4n) is 6.28. The summed E-state index contributed by atoms with van der Waals surface area (Å²) in [6, 6.07) is 7.94. The monoisotopic (exact) mass is 487 g/mol. The third kappa shape index (κ3) is 4.19. The van der Waals surface area contributed by atoms with Crippen molar-refractivity contribution in [3.8, 4) is 0 Å². The van der Waals surface area contributed by atoms with Crippen molar-refractivity contribution in [2.45, 2.75) is 70.0 Å². The second-order valence-electron chi connectivity index (χ2n) is 9.93. The van der Waals surface area contributed by atoms with Crippen LogP contribution < -0.4 is 0 Å². The molecular formula is C26H34ClN3O2S. The number of fused-ring (bicyclic) bond motifs is 2. The van der Waals surface area contributed by atoms with Crippen molar-refractivity contribution in [3.63, 3.8) is 0 Å². The van der Waals surface area contributed by atoms with Crippen LogP contribution in [0.15, 0.2) is 24.3 Å². The van der Waals surface area contributed by atoms with E-state index in [1.54, 1.807) is 0 Å². The van der Waals surface area contributed by atoms with E-state index in [-0.39, 0.29) is 29.9 Å². The van der Waals surface area contributed by atoms with E-state index in [9.17, 15) is 9.59 Å². The third-order valence-electron chi connectivity index (χ3n) is 8.24. The number of amides is 2. The van der Waals surface area contributed by atoms with Gasteiger partial charge >= 0.3 is 0 Å². The normalized spacial score (nSPS) is 26.5. The number of piperidine rings is 1. The molecular weight excluding hydrogens is 454 g/mol. The van der Waals surface area contributed by atoms with E-state index in [4.69, 9.17) is 11.6 Å². The summed E-state index contributed by atoms with van der Waals surface area (Å²) in [4.78, 5) is 34.7. The lowest BCUT2D eigenvalue weighted by Crippen LogP contribution is -2.53. The van der Waals surface area contributed by atoms with Crippen LogP contribution in [0.2, 0.25) is 5.02 Å². The molecule has 5 rings (SSSR count). The molecule has 2 aromatic rings. The number of benzene rings is 1. The molecule has 5 nitrogen and oxygen atoms in total. The largest absolute Gasteiger partial charge is 0.341 e. The third-order valence-corrected chi connectivity index (χ3v) is 9.90. The Kier molecular flexibility index (Phi) is 6.69. The maximum Gasteiger partial charge on any atom is 0.266 e. The van der Waals surface area contributed by atoms with Crippen LogP contribution in [0.25, 0.3) is 10.1 Å². The molecule has 1 aromatic carbocycles. The maximum absolute atomic E-state index is 14.0. The zero-order valence-corrected chi connectivity index (χ0v) is 21.2. The molecule has 0 N–H and O–H groups in total. The molecule has 7 heteroatoms. The van der Waals surface area contributed by atoms with Gasteiger partial charge in [0, 0.05) is 42.3 Å². The average molecular weight is 488 g/mol. The Balaban J connectivity index is 1.42. The van der Waals surface area contributed by atoms with Gasteiger partial charge in [-0.3, -0.25) is 9.59 Å². The zero-order valence-electron chi connectivity index (χ0n) is 19.6. The van der Waals surface area contributed by atoms with Gasteiger partial charge in [-0.25, -0.2) is 0 Å². The number of carbonyl (C=O) groups is 2. The van der Waals surface area contributed by atoms with E-state index >= 15 is 0 Å². The minimum Gasteiger partial charge on any atom is -0.341 e. The van der Waals surface area contributed by atoms with Gasteiger partial charge in [-0.2, -0.15) is 0 Å². The molecule has 0 radical (unpaired) electrons. The molecule has 3 unspecified atom stereocenters. The first-order valence-electron chi connectivity index (χ1n) is 12.5. The van der Waals surface area contributed by atoms with Gasteiger partial charge < -0.3 is 14.7 Å². The van der Waals surface area contributed by atoms with Crippen LogP contribution in [0.4, 0.5) is 0 Å². The quantitative estimate of drug-likeness (QED) is 0.590. The number of likely N-dealkylation sites (N-methyl/N-ethyl adjacent to an activating group) is 1. The van der Waals surface area contributed by atoms with Crippen LogP contribution in [0, 0.1) is 5.92 Å². The fraction of sp³-hybridized carbons (Fsp3) is 0.615. The zero-order chi connectivity index (χ0) is 23.1. The minimum atomic E-state index is -0.374. The summed E-state index contributed by atoms with van der Waals surface area (Å²) in [5.41, 5.74) is 0. The maximum atomic E-state index is 14.0. The predicted molar refractivity (Wildman–Crippen MR) is 135 cm³/mol. The van der Waals surface area contributed by atoms with Crippen molar-refractivity contribution >= 4 is 44.8 Å². The van der Waals surface area contributed by atoms with Crippen molar-refractivity contribution < 1.29 is 9.59 Å². The highest BCUT2D eigenvalue weighted by molar-refractivity contribution is 7.21. The Morgan fingerprint density at radius 3 is 2.58 bits per heavy atom. The molecule has 2 amide bonds. The average Bonchev–Trinajstić information content (AvgIpc) is 3.41. The number of hydrogen-bond donors (Lipinski definition) is 0. The van der Waals surface area contributed by atoms with E-state index in [0.29, 0.717) is 15.8 Å². The van der Waals surface area contributed by atoms with E-state index in [2.05, 4.69) is 11.8 Å². The summed E-state index contributed by atoms with van der Waals surface area (Å²) in [5, 5.41) is 1.46. The number of hydrogen-bond acceptors (Lipinski definition) is 4. The number of carbonyl (C=O) groups excluding carboxylic acids is 2. The Bertz CT molecular complexity index is 1030. The first-order valence-corrected chi connectivity index (χ1v) is 13.7. The van der Waals surface area contributed by atoms with E-state index in [0.717, 1.165) is 68.2 Å². The highest BCUT2D eigenvalue weighted by Gasteiger charge is 2.49. The standard InChI is InChI=1S/C26H34ClN3O2S/c1-3-29-14-12-18(13-15-29)28(2)25(31)21-16-17-8-4-6-10-20(17)30(21)26(32)24-23(27)19-9-5-7-11-22(19)33-24/h5,7,9,11,17-18,20-21H,3-4,6,8,10,12-16H2,1-2H3. The molecule has 0 bridgehead atoms. The Morgan fingerprint density at radius 2 is 1.85 bits per heavy atom. The van der Waals surface area contributed by atoms with E-state index in [1.165, 1.54) is 17.8 Å². The van der Waals surface area contributed by atoms with Gasteiger partial charge in [-0.1, -0.05) is 49.6 Å². The molecule has 3 heterocycles. The lowest BCUT2D eigenvalue weighted by atomic mass is 9.84. The van der Waals surface area contributed by atoms with Crippen molar-refractivity contribution in [1.29, 1.82) is 0 Å². The molecule has 1 saturated carbocycles. The molecule has 0 spiro atoms. The highest BCUT2D eigenvalue weighted by Crippen LogP contribution is 2.44. The lowest BCUT2D eigenvalue weighted by molar-refractivity contribution is -0.137. The molecule has 1 aliphatic carbocycles. The summed E-state index contributed by atoms with van der Waals surface area (Å²) in [6.07, 6.45) is 7.21. The summed E-state index contributed by atoms with van der Waals surface area (Å²) >= 11 is 8.17. The molecule has 3 atom stereocenters. The molecule has 2 aliphatic heterocycles. The summed E-state index contributed by atoms with van der Waals surface area (Å²) in [5.74, 6) is 0.480. The summed E-state index contributed by atoms with van der Waals surface area (Å²) in [6.45, 7) is 5.33. The van der Waals surface area contributed by atoms with Crippen molar-refractivity contribution in [3.05, 3.63) is 34.2 Å². The van der Waals surface area contributed by atoms with Crippen molar-refractivity contribution in [2.24, 2.45) is 5.92 Å². The SMILES string of the molecule is CCN1CCC(N(C)C(=O)C2CC3CCCCC3N2C(=O)c2sc3ccccc3c2Cl)CC1. The molecule has 3 fully saturated rings. The van der Waals surface area contributed by atoms with Crippen LogP contribution in [0.1, 0.15) is 61.5 Å². The van der Waals surface area contributed by atoms with Crippen LogP contribution in [0.5, 0.6) is 0 Å². The van der Waals surface area contributed by atoms with E-state index < -0.39 is 0 Å². The van der Waals surface area contributed by atoms with Gasteiger partial charge in [0.25, 0.3) is 5.91 Å². The van der Waals surface area contributed by atoms with Gasteiger partial charge in [-0.15, -0.1) is 11.3 Å². The Morgan fingerprint density at radius 1 is 1.12 bits per heavy atom. The molecule has 33 heavy (non-hydrogen) atoms. The summed E-state index contributed by atoms with van der Waals surface area (Å²) in [7, 11) is 1.95. The fourth-order valence-corrected chi connectivity index (χ4v) is 7.74. The first-order chi connectivity index (χ1) is 16.0. The Hall–Kier alpha value is -1.63. The molecule has 3 aliphatic rings. The lowest BCUT2D eigenvalue weighted by Gasteiger charge is -2.39. The number of thiophene rings is 1. The van der Waals surface area contributed by atoms with Gasteiger partial charge in [-0.05, 0) is 50.6 Å². The van der Waals surface area contributed by atoms with Gasteiger partial charge in [0.15, 0.2) is 0 Å². The molecule has 2 saturated heterocycles. The number of halogens is 1. The minimum absolute atomic E-state index is 0.0526. The topological polar surface area (TPSA) is 43.9 Å². The van der Waals surface area contributed by atoms with Crippen LogP contribution in [-0.4, -0.2) is 71.3 Å². The number of likely N-dealkylation sites (tertiary alicyclic amines) is 2. The van der Waals surface area contributed by atoms with Crippen molar-refractivity contribution in [2.75, 3.05) is 26.7 Å². The van der Waals surface area contributed by atoms with Gasteiger partial charge in [0.2, 0.25) is 5.91 Å². The van der Waals surface area contributed by atoms with Gasteiger partial charge in [0.05, 0.1) is 5.02 Å². The second kappa shape index (κ2) is 9.55. The van der Waals surface area contributed by atoms with Crippen molar-refractivity contribution in [1.82, 2.24) is 14.7 Å². The number of nitrogens with zero attached hydrogens (tertiary/aromatic N) is 3. The van der Waals surface area contributed by atoms with Gasteiger partial charge in [0.1, 0.15) is 10.9 Å². The molecule has 178 valence electrons. The second-order valence-corrected chi connectivity index (χ2v) is 11.4. The summed E-state index contributed by atoms with van der Waals surface area (Å²) < 4.78 is 1.02. The van der Waals surface area contributed by atoms with Crippen LogP contribution >= 0.6 is 22.9 Å².